The zero-order valence-corrected chi connectivity index (χ0v) is 21.6. The number of thiophene rings is 1. The Balaban J connectivity index is 0.00000280. The molecule has 3 heterocycles. The minimum atomic E-state index is -4.47. The average molecular weight is 552 g/mol. The maximum absolute atomic E-state index is 13.2. The minimum absolute atomic E-state index is 0. The van der Waals surface area contributed by atoms with Gasteiger partial charge in [-0.3, -0.25) is 4.79 Å². The van der Waals surface area contributed by atoms with E-state index in [2.05, 4.69) is 11.0 Å². The molecule has 3 amide bonds. The van der Waals surface area contributed by atoms with Gasteiger partial charge < -0.3 is 22.0 Å². The number of halogens is 4. The summed E-state index contributed by atoms with van der Waals surface area (Å²) in [6.07, 6.45) is -2.40. The summed E-state index contributed by atoms with van der Waals surface area (Å²) >= 11 is 1.01. The van der Waals surface area contributed by atoms with Crippen LogP contribution in [0.3, 0.4) is 0 Å². The third-order valence-electron chi connectivity index (χ3n) is 7.74. The second-order valence-electron chi connectivity index (χ2n) is 9.69. The largest absolute Gasteiger partial charge is 1.00 e. The summed E-state index contributed by atoms with van der Waals surface area (Å²) < 4.78 is 45.3. The minimum Gasteiger partial charge on any atom is -1.00 e. The number of fused-ring (bicyclic) bond motifs is 6. The van der Waals surface area contributed by atoms with Crippen LogP contribution < -0.4 is 22.5 Å². The van der Waals surface area contributed by atoms with Crippen molar-refractivity contribution in [1.82, 2.24) is 9.80 Å². The summed E-state index contributed by atoms with van der Waals surface area (Å²) in [5, 5.41) is 1.89. The topological polar surface area (TPSA) is 66.5 Å². The molecule has 1 saturated heterocycles. The smallest absolute Gasteiger partial charge is 0.428 e. The van der Waals surface area contributed by atoms with Gasteiger partial charge in [0.1, 0.15) is 5.75 Å². The Morgan fingerprint density at radius 2 is 1.95 bits per heavy atom. The Labute approximate surface area is 221 Å². The molecular formula is C26H25ClF3N3O3S. The van der Waals surface area contributed by atoms with Crippen molar-refractivity contribution in [2.75, 3.05) is 33.3 Å². The summed E-state index contributed by atoms with van der Waals surface area (Å²) in [5.41, 5.74) is 2.27. The van der Waals surface area contributed by atoms with Crippen LogP contribution in [-0.4, -0.2) is 55.0 Å². The number of imide groups is 1. The fourth-order valence-electron chi connectivity index (χ4n) is 5.98. The number of hydrogen-bond acceptors (Lipinski definition) is 5. The number of carbonyl (C=O) groups excluding carboxylic acids is 2. The van der Waals surface area contributed by atoms with Crippen LogP contribution in [0.4, 0.5) is 23.7 Å². The van der Waals surface area contributed by atoms with E-state index < -0.39 is 23.7 Å². The molecule has 0 spiro atoms. The predicted octanol–water partition coefficient (Wildman–Crippen LogP) is 1.37. The van der Waals surface area contributed by atoms with Crippen molar-refractivity contribution >= 4 is 39.0 Å². The number of alkyl halides is 3. The van der Waals surface area contributed by atoms with E-state index in [1.54, 1.807) is 7.11 Å². The highest BCUT2D eigenvalue weighted by molar-refractivity contribution is 7.21. The summed E-state index contributed by atoms with van der Waals surface area (Å²) in [4.78, 5) is 29.9. The lowest BCUT2D eigenvalue weighted by molar-refractivity contribution is -0.471. The van der Waals surface area contributed by atoms with Crippen LogP contribution in [-0.2, 0) is 12.6 Å². The number of primary amides is 1. The molecule has 0 radical (unpaired) electrons. The van der Waals surface area contributed by atoms with Gasteiger partial charge in [-0.1, -0.05) is 12.1 Å². The monoisotopic (exact) mass is 551 g/mol. The third-order valence-corrected chi connectivity index (χ3v) is 8.90. The number of methoxy groups -OCH3 is 1. The fourth-order valence-corrected chi connectivity index (χ4v) is 7.15. The first-order valence-electron chi connectivity index (χ1n) is 12.0. The van der Waals surface area contributed by atoms with Gasteiger partial charge in [-0.05, 0) is 54.2 Å². The van der Waals surface area contributed by atoms with Crippen LogP contribution in [0.5, 0.6) is 5.75 Å². The van der Waals surface area contributed by atoms with Crippen molar-refractivity contribution < 1.29 is 45.2 Å². The number of hydrogen-bond donors (Lipinski definition) is 1. The number of nitrogens with zero attached hydrogens (tertiary/aromatic N) is 2. The molecule has 2 atom stereocenters. The highest BCUT2D eigenvalue weighted by Crippen LogP contribution is 2.44. The standard InChI is InChI=1S/C26H24F3N3O3S.ClH/c1-35-20-4-2-3-16-17(20)7-5-14-12-31(13-19(14)16)9-10-32-24(33)23-22(30-25(32)34)18-8-6-15(26(27,28)29)11-21(18)36-23;/h2-4,6,8,11,14,19H,5,7,9-10,12-13H2,1H3,(H,30,34);1H/t14-,19+;/m0./s1. The van der Waals surface area contributed by atoms with Crippen molar-refractivity contribution in [3.8, 4) is 5.75 Å². The van der Waals surface area contributed by atoms with E-state index in [0.717, 1.165) is 55.2 Å². The van der Waals surface area contributed by atoms with Crippen molar-refractivity contribution in [2.24, 2.45) is 5.92 Å². The lowest BCUT2D eigenvalue weighted by atomic mass is 9.77. The maximum atomic E-state index is 13.2. The molecule has 11 heteroatoms. The van der Waals surface area contributed by atoms with Gasteiger partial charge in [0.05, 0.1) is 18.1 Å². The van der Waals surface area contributed by atoms with Crippen LogP contribution in [0.25, 0.3) is 10.1 Å². The highest BCUT2D eigenvalue weighted by atomic mass is 35.5. The number of benzene rings is 2. The van der Waals surface area contributed by atoms with E-state index in [4.69, 9.17) is 4.74 Å². The highest BCUT2D eigenvalue weighted by Gasteiger charge is 2.41. The van der Waals surface area contributed by atoms with Crippen LogP contribution in [0.2, 0.25) is 0 Å². The van der Waals surface area contributed by atoms with Gasteiger partial charge in [-0.15, -0.1) is 11.3 Å². The zero-order chi connectivity index (χ0) is 25.2. The molecule has 3 aliphatic rings. The Morgan fingerprint density at radius 3 is 2.70 bits per heavy atom. The van der Waals surface area contributed by atoms with Crippen molar-refractivity contribution in [3.63, 3.8) is 0 Å². The number of quaternary nitrogens is 1. The first kappa shape index (κ1) is 26.0. The first-order chi connectivity index (χ1) is 17.2. The zero-order valence-electron chi connectivity index (χ0n) is 20.0. The summed E-state index contributed by atoms with van der Waals surface area (Å²) in [6.45, 7) is 2.59. The predicted molar refractivity (Wildman–Crippen MR) is 129 cm³/mol. The number of nitrogens with two attached hydrogens (primary N) is 1. The summed E-state index contributed by atoms with van der Waals surface area (Å²) in [5.74, 6) is 1.44. The van der Waals surface area contributed by atoms with Gasteiger partial charge in [0.15, 0.2) is 10.6 Å². The molecule has 2 N–H and O–H groups in total. The molecule has 3 aromatic rings. The lowest BCUT2D eigenvalue weighted by Gasteiger charge is -2.28. The second-order valence-corrected chi connectivity index (χ2v) is 10.7. The van der Waals surface area contributed by atoms with Crippen LogP contribution in [0, 0.1) is 5.92 Å². The van der Waals surface area contributed by atoms with E-state index in [9.17, 15) is 22.8 Å². The average Bonchev–Trinajstić information content (AvgIpc) is 3.44. The molecule has 2 aromatic carbocycles. The van der Waals surface area contributed by atoms with Crippen molar-refractivity contribution in [2.45, 2.75) is 24.9 Å². The molecule has 37 heavy (non-hydrogen) atoms. The number of likely N-dealkylation sites (tertiary alicyclic amines) is 1. The molecule has 0 saturated carbocycles. The van der Waals surface area contributed by atoms with E-state index in [1.807, 2.05) is 12.1 Å². The van der Waals surface area contributed by atoms with Gasteiger partial charge in [0.2, 0.25) is 0 Å². The van der Waals surface area contributed by atoms with Gasteiger partial charge >= 0.3 is 12.2 Å². The van der Waals surface area contributed by atoms with E-state index in [0.29, 0.717) is 39.0 Å². The SMILES string of the molecule is COc1cccc2c1CC[C@H]1CN(CCN3C(=O)[NH2+]c4c(sc5cc(C(F)(F)F)ccc45)C3=O)C[C@@H]21.[Cl-]. The number of rotatable bonds is 4. The quantitative estimate of drug-likeness (QED) is 0.532. The molecule has 0 unspecified atom stereocenters. The number of urea groups is 1. The first-order valence-corrected chi connectivity index (χ1v) is 12.8. The molecule has 1 aromatic heterocycles. The van der Waals surface area contributed by atoms with Gasteiger partial charge in [-0.2, -0.15) is 13.2 Å². The van der Waals surface area contributed by atoms with Gasteiger partial charge in [0.25, 0.3) is 5.91 Å². The maximum Gasteiger partial charge on any atom is 0.428 e. The molecule has 1 aliphatic carbocycles. The Hall–Kier alpha value is -2.66. The lowest BCUT2D eigenvalue weighted by Crippen LogP contribution is -3.00. The molecule has 6 rings (SSSR count). The summed E-state index contributed by atoms with van der Waals surface area (Å²) in [7, 11) is 1.70. The van der Waals surface area contributed by atoms with Crippen LogP contribution in [0.1, 0.15) is 38.7 Å². The molecule has 196 valence electrons. The number of ether oxygens (including phenoxy) is 1. The third kappa shape index (κ3) is 4.39. The second kappa shape index (κ2) is 9.58. The van der Waals surface area contributed by atoms with Crippen LogP contribution >= 0.6 is 11.3 Å². The Morgan fingerprint density at radius 1 is 1.14 bits per heavy atom. The van der Waals surface area contributed by atoms with Crippen molar-refractivity contribution in [1.29, 1.82) is 0 Å². The van der Waals surface area contributed by atoms with Gasteiger partial charge in [0, 0.05) is 36.8 Å². The normalized spacial score (nSPS) is 21.5. The molecule has 0 bridgehead atoms. The molecular weight excluding hydrogens is 527 g/mol. The van der Waals surface area contributed by atoms with Gasteiger partial charge in [-0.25, -0.2) is 15.0 Å². The molecule has 6 nitrogen and oxygen atoms in total. The Kier molecular flexibility index (Phi) is 6.72. The van der Waals surface area contributed by atoms with E-state index in [-0.39, 0.29) is 19.0 Å². The summed E-state index contributed by atoms with van der Waals surface area (Å²) in [6, 6.07) is 9.18. The van der Waals surface area contributed by atoms with E-state index in [1.165, 1.54) is 27.4 Å². The molecule has 1 fully saturated rings. The van der Waals surface area contributed by atoms with Crippen LogP contribution in [0.15, 0.2) is 36.4 Å². The van der Waals surface area contributed by atoms with E-state index >= 15 is 0 Å². The number of carbonyl (C=O) groups is 2. The molecule has 2 aliphatic heterocycles. The van der Waals surface area contributed by atoms with Crippen molar-refractivity contribution in [3.05, 3.63) is 58.0 Å². The fraction of sp³-hybridized carbons (Fsp3) is 0.385. The number of amides is 3. The Bertz CT molecular complexity index is 1390.